The summed E-state index contributed by atoms with van der Waals surface area (Å²) < 4.78 is 5.70. The lowest BCUT2D eigenvalue weighted by atomic mass is 10.1. The third-order valence-electron chi connectivity index (χ3n) is 2.73. The van der Waals surface area contributed by atoms with Gasteiger partial charge in [0.25, 0.3) is 5.91 Å². The van der Waals surface area contributed by atoms with Gasteiger partial charge in [0.15, 0.2) is 6.10 Å². The minimum atomic E-state index is -0.434. The Morgan fingerprint density at radius 3 is 3.18 bits per heavy atom. The number of amides is 1. The van der Waals surface area contributed by atoms with E-state index in [9.17, 15) is 4.79 Å². The summed E-state index contributed by atoms with van der Waals surface area (Å²) in [5.41, 5.74) is 2.08. The second-order valence-electron chi connectivity index (χ2n) is 4.28. The molecule has 1 atom stereocenters. The number of carbonyl (C=O) groups excluding carboxylic acids is 1. The topological polar surface area (TPSA) is 50.4 Å². The molecule has 0 spiro atoms. The highest BCUT2D eigenvalue weighted by atomic mass is 16.5. The third kappa shape index (κ3) is 2.70. The molecule has 0 saturated carbocycles. The van der Waals surface area contributed by atoms with E-state index in [2.05, 4.69) is 10.6 Å². The number of rotatable bonds is 3. The molecule has 1 unspecified atom stereocenters. The molecule has 4 heteroatoms. The van der Waals surface area contributed by atoms with E-state index in [-0.39, 0.29) is 5.91 Å². The lowest BCUT2D eigenvalue weighted by Crippen LogP contribution is -2.44. The molecule has 0 bridgehead atoms. The van der Waals surface area contributed by atoms with E-state index in [1.165, 1.54) is 0 Å². The van der Waals surface area contributed by atoms with E-state index in [1.807, 2.05) is 32.0 Å². The summed E-state index contributed by atoms with van der Waals surface area (Å²) in [5.74, 6) is 0.708. The van der Waals surface area contributed by atoms with Gasteiger partial charge in [-0.3, -0.25) is 4.79 Å². The molecule has 1 aromatic rings. The van der Waals surface area contributed by atoms with Gasteiger partial charge in [0.05, 0.1) is 12.2 Å². The van der Waals surface area contributed by atoms with Crippen molar-refractivity contribution in [3.8, 4) is 5.75 Å². The van der Waals surface area contributed by atoms with Crippen LogP contribution >= 0.6 is 0 Å². The van der Waals surface area contributed by atoms with Gasteiger partial charge in [-0.25, -0.2) is 0 Å². The van der Waals surface area contributed by atoms with Gasteiger partial charge in [-0.2, -0.15) is 0 Å². The molecule has 1 heterocycles. The minimum Gasteiger partial charge on any atom is -0.477 e. The molecule has 2 rings (SSSR count). The number of aryl methyl sites for hydroxylation is 1. The Hall–Kier alpha value is -1.71. The molecule has 17 heavy (non-hydrogen) atoms. The zero-order chi connectivity index (χ0) is 12.3. The van der Waals surface area contributed by atoms with Crippen LogP contribution in [0.25, 0.3) is 0 Å². The van der Waals surface area contributed by atoms with Crippen LogP contribution in [0.4, 0.5) is 5.69 Å². The van der Waals surface area contributed by atoms with E-state index in [0.717, 1.165) is 23.4 Å². The first-order valence-electron chi connectivity index (χ1n) is 5.99. The van der Waals surface area contributed by atoms with Crippen LogP contribution in [-0.2, 0) is 4.79 Å². The van der Waals surface area contributed by atoms with Crippen LogP contribution in [0.1, 0.15) is 18.9 Å². The Bertz CT molecular complexity index is 418. The van der Waals surface area contributed by atoms with E-state index in [4.69, 9.17) is 4.74 Å². The molecule has 1 aliphatic heterocycles. The minimum absolute atomic E-state index is 0.0495. The molecule has 4 nitrogen and oxygen atoms in total. The lowest BCUT2D eigenvalue weighted by molar-refractivity contribution is -0.127. The second-order valence-corrected chi connectivity index (χ2v) is 4.28. The number of hydrogen-bond donors (Lipinski definition) is 2. The average molecular weight is 234 g/mol. The smallest absolute Gasteiger partial charge is 0.262 e. The monoisotopic (exact) mass is 234 g/mol. The molecule has 1 aromatic carbocycles. The summed E-state index contributed by atoms with van der Waals surface area (Å²) in [7, 11) is 0. The molecule has 0 radical (unpaired) electrons. The zero-order valence-corrected chi connectivity index (χ0v) is 10.2. The highest BCUT2D eigenvalue weighted by molar-refractivity contribution is 5.83. The van der Waals surface area contributed by atoms with E-state index >= 15 is 0 Å². The molecular formula is C13H18N2O2. The molecular weight excluding hydrogens is 216 g/mol. The molecule has 0 aliphatic carbocycles. The maximum atomic E-state index is 11.8. The number of carbonyl (C=O) groups is 1. The van der Waals surface area contributed by atoms with Gasteiger partial charge in [-0.15, -0.1) is 0 Å². The number of hydrogen-bond acceptors (Lipinski definition) is 3. The summed E-state index contributed by atoms with van der Waals surface area (Å²) in [4.78, 5) is 11.8. The van der Waals surface area contributed by atoms with Gasteiger partial charge in [0.1, 0.15) is 5.75 Å². The highest BCUT2D eigenvalue weighted by Crippen LogP contribution is 2.29. The van der Waals surface area contributed by atoms with Crippen molar-refractivity contribution >= 4 is 11.6 Å². The maximum Gasteiger partial charge on any atom is 0.262 e. The van der Waals surface area contributed by atoms with Crippen LogP contribution in [0.3, 0.4) is 0 Å². The summed E-state index contributed by atoms with van der Waals surface area (Å²) in [6, 6.07) is 5.94. The van der Waals surface area contributed by atoms with E-state index < -0.39 is 6.10 Å². The quantitative estimate of drug-likeness (QED) is 0.837. The predicted molar refractivity (Wildman–Crippen MR) is 67.4 cm³/mol. The summed E-state index contributed by atoms with van der Waals surface area (Å²) in [6.07, 6.45) is 0.498. The van der Waals surface area contributed by atoms with Crippen LogP contribution in [0.15, 0.2) is 18.2 Å². The molecule has 1 amide bonds. The fourth-order valence-electron chi connectivity index (χ4n) is 1.78. The molecule has 1 aliphatic rings. The Labute approximate surface area is 101 Å². The zero-order valence-electron chi connectivity index (χ0n) is 10.2. The van der Waals surface area contributed by atoms with E-state index in [1.54, 1.807) is 0 Å². The van der Waals surface area contributed by atoms with Gasteiger partial charge in [-0.05, 0) is 31.0 Å². The SMILES string of the molecule is CCCNC(=O)C1CNc2ccc(C)cc2O1. The molecule has 0 fully saturated rings. The number of anilines is 1. The van der Waals surface area contributed by atoms with E-state index in [0.29, 0.717) is 13.1 Å². The van der Waals surface area contributed by atoms with Gasteiger partial charge in [0.2, 0.25) is 0 Å². The first kappa shape index (κ1) is 11.8. The fourth-order valence-corrected chi connectivity index (χ4v) is 1.78. The number of nitrogens with one attached hydrogen (secondary N) is 2. The predicted octanol–water partition coefficient (Wildman–Crippen LogP) is 1.69. The first-order valence-corrected chi connectivity index (χ1v) is 5.99. The average Bonchev–Trinajstić information content (AvgIpc) is 2.35. The Balaban J connectivity index is 2.04. The van der Waals surface area contributed by atoms with Gasteiger partial charge >= 0.3 is 0 Å². The van der Waals surface area contributed by atoms with Crippen molar-refractivity contribution in [3.63, 3.8) is 0 Å². The second kappa shape index (κ2) is 5.08. The van der Waals surface area contributed by atoms with Crippen molar-refractivity contribution in [1.29, 1.82) is 0 Å². The standard InChI is InChI=1S/C13H18N2O2/c1-3-6-14-13(16)12-8-15-10-5-4-9(2)7-11(10)17-12/h4-5,7,12,15H,3,6,8H2,1-2H3,(H,14,16). The normalized spacial score (nSPS) is 17.6. The third-order valence-corrected chi connectivity index (χ3v) is 2.73. The van der Waals surface area contributed by atoms with Gasteiger partial charge in [0, 0.05) is 6.54 Å². The van der Waals surface area contributed by atoms with Crippen LogP contribution < -0.4 is 15.4 Å². The number of fused-ring (bicyclic) bond motifs is 1. The molecule has 0 saturated heterocycles. The van der Waals surface area contributed by atoms with Crippen molar-refractivity contribution in [3.05, 3.63) is 23.8 Å². The Morgan fingerprint density at radius 2 is 2.41 bits per heavy atom. The van der Waals surface area contributed by atoms with Crippen LogP contribution in [-0.4, -0.2) is 25.1 Å². The molecule has 2 N–H and O–H groups in total. The van der Waals surface area contributed by atoms with Crippen molar-refractivity contribution in [2.75, 3.05) is 18.4 Å². The van der Waals surface area contributed by atoms with Crippen molar-refractivity contribution in [2.45, 2.75) is 26.4 Å². The summed E-state index contributed by atoms with van der Waals surface area (Å²) >= 11 is 0. The van der Waals surface area contributed by atoms with Crippen LogP contribution in [0, 0.1) is 6.92 Å². The highest BCUT2D eigenvalue weighted by Gasteiger charge is 2.25. The fraction of sp³-hybridized carbons (Fsp3) is 0.462. The maximum absolute atomic E-state index is 11.8. The number of ether oxygens (including phenoxy) is 1. The van der Waals surface area contributed by atoms with Gasteiger partial charge in [-0.1, -0.05) is 13.0 Å². The summed E-state index contributed by atoms with van der Waals surface area (Å²) in [5, 5.41) is 6.05. The number of benzene rings is 1. The molecule has 0 aromatic heterocycles. The van der Waals surface area contributed by atoms with Crippen molar-refractivity contribution in [2.24, 2.45) is 0 Å². The summed E-state index contributed by atoms with van der Waals surface area (Å²) in [6.45, 7) is 5.24. The van der Waals surface area contributed by atoms with Gasteiger partial charge < -0.3 is 15.4 Å². The Morgan fingerprint density at radius 1 is 1.59 bits per heavy atom. The van der Waals surface area contributed by atoms with Crippen LogP contribution in [0.5, 0.6) is 5.75 Å². The molecule has 92 valence electrons. The lowest BCUT2D eigenvalue weighted by Gasteiger charge is -2.26. The van der Waals surface area contributed by atoms with Crippen molar-refractivity contribution in [1.82, 2.24) is 5.32 Å². The van der Waals surface area contributed by atoms with Crippen molar-refractivity contribution < 1.29 is 9.53 Å². The van der Waals surface area contributed by atoms with Crippen LogP contribution in [0.2, 0.25) is 0 Å². The first-order chi connectivity index (χ1) is 8.20. The Kier molecular flexibility index (Phi) is 3.52. The largest absolute Gasteiger partial charge is 0.477 e.